The van der Waals surface area contributed by atoms with E-state index in [4.69, 9.17) is 5.73 Å². The number of aromatic nitrogens is 1. The zero-order valence-corrected chi connectivity index (χ0v) is 10.5. The number of hydrogen-bond acceptors (Lipinski definition) is 3. The highest BCUT2D eigenvalue weighted by Crippen LogP contribution is 2.29. The summed E-state index contributed by atoms with van der Waals surface area (Å²) < 4.78 is 0. The van der Waals surface area contributed by atoms with Crippen LogP contribution in [0.2, 0.25) is 0 Å². The quantitative estimate of drug-likeness (QED) is 0.906. The number of rotatable bonds is 3. The van der Waals surface area contributed by atoms with Crippen molar-refractivity contribution in [1.82, 2.24) is 4.98 Å². The van der Waals surface area contributed by atoms with Crippen LogP contribution in [0.1, 0.15) is 21.5 Å². The summed E-state index contributed by atoms with van der Waals surface area (Å²) in [6.07, 6.45) is 4.58. The molecule has 2 N–H and O–H groups in total. The fourth-order valence-corrected chi connectivity index (χ4v) is 2.50. The van der Waals surface area contributed by atoms with Gasteiger partial charge in [-0.25, -0.2) is 0 Å². The lowest BCUT2D eigenvalue weighted by Gasteiger charge is -2.19. The van der Waals surface area contributed by atoms with Crippen LogP contribution >= 0.6 is 0 Å². The molecule has 2 heterocycles. The van der Waals surface area contributed by atoms with Crippen molar-refractivity contribution in [3.8, 4) is 0 Å². The second-order valence-corrected chi connectivity index (χ2v) is 4.73. The number of nitrogens with two attached hydrogens (primary N) is 1. The number of hydrogen-bond donors (Lipinski definition) is 1. The Balaban J connectivity index is 1.84. The third-order valence-electron chi connectivity index (χ3n) is 3.48. The summed E-state index contributed by atoms with van der Waals surface area (Å²) in [4.78, 5) is 17.5. The third-order valence-corrected chi connectivity index (χ3v) is 3.48. The van der Waals surface area contributed by atoms with Gasteiger partial charge < -0.3 is 10.6 Å². The Bertz CT molecular complexity index is 610. The molecular formula is C15H15N3O. The van der Waals surface area contributed by atoms with Gasteiger partial charge in [0.25, 0.3) is 0 Å². The van der Waals surface area contributed by atoms with Gasteiger partial charge in [-0.1, -0.05) is 0 Å². The smallest absolute Gasteiger partial charge is 0.248 e. The van der Waals surface area contributed by atoms with Gasteiger partial charge in [0.1, 0.15) is 0 Å². The standard InChI is InChI=1S/C15H15N3O/c16-15(19)13-1-2-14-12(9-13)5-8-18(14)10-11-3-6-17-7-4-11/h1-4,6-7,9H,5,8,10H2,(H2,16,19). The number of amides is 1. The first-order valence-corrected chi connectivity index (χ1v) is 6.30. The lowest BCUT2D eigenvalue weighted by molar-refractivity contribution is 0.1000. The van der Waals surface area contributed by atoms with Crippen LogP contribution in [0.5, 0.6) is 0 Å². The van der Waals surface area contributed by atoms with Crippen LogP contribution in [-0.4, -0.2) is 17.4 Å². The fourth-order valence-electron chi connectivity index (χ4n) is 2.50. The molecule has 2 aromatic rings. The van der Waals surface area contributed by atoms with E-state index in [1.807, 2.05) is 36.7 Å². The van der Waals surface area contributed by atoms with Crippen LogP contribution in [0.4, 0.5) is 5.69 Å². The van der Waals surface area contributed by atoms with Crippen LogP contribution < -0.4 is 10.6 Å². The molecule has 1 aromatic carbocycles. The van der Waals surface area contributed by atoms with Crippen molar-refractivity contribution >= 4 is 11.6 Å². The molecule has 1 amide bonds. The molecule has 96 valence electrons. The summed E-state index contributed by atoms with van der Waals surface area (Å²) in [5.74, 6) is -0.365. The average Bonchev–Trinajstić information content (AvgIpc) is 2.82. The summed E-state index contributed by atoms with van der Waals surface area (Å²) in [6, 6.07) is 9.74. The molecule has 0 aliphatic carbocycles. The summed E-state index contributed by atoms with van der Waals surface area (Å²) in [5, 5.41) is 0. The molecule has 4 nitrogen and oxygen atoms in total. The molecule has 1 aliphatic heterocycles. The maximum atomic E-state index is 11.2. The zero-order chi connectivity index (χ0) is 13.2. The molecule has 19 heavy (non-hydrogen) atoms. The van der Waals surface area contributed by atoms with Gasteiger partial charge >= 0.3 is 0 Å². The predicted octanol–water partition coefficient (Wildman–Crippen LogP) is 1.74. The van der Waals surface area contributed by atoms with Crippen LogP contribution in [0.25, 0.3) is 0 Å². The first-order valence-electron chi connectivity index (χ1n) is 6.30. The summed E-state index contributed by atoms with van der Waals surface area (Å²) in [6.45, 7) is 1.84. The van der Waals surface area contributed by atoms with Gasteiger partial charge in [0, 0.05) is 36.7 Å². The Morgan fingerprint density at radius 1 is 1.26 bits per heavy atom. The zero-order valence-electron chi connectivity index (χ0n) is 10.5. The van der Waals surface area contributed by atoms with E-state index in [2.05, 4.69) is 9.88 Å². The van der Waals surface area contributed by atoms with Gasteiger partial charge in [0.2, 0.25) is 5.91 Å². The Labute approximate surface area is 111 Å². The monoisotopic (exact) mass is 253 g/mol. The van der Waals surface area contributed by atoms with Crippen molar-refractivity contribution in [1.29, 1.82) is 0 Å². The minimum Gasteiger partial charge on any atom is -0.367 e. The van der Waals surface area contributed by atoms with E-state index in [1.54, 1.807) is 6.07 Å². The predicted molar refractivity (Wildman–Crippen MR) is 74.0 cm³/mol. The molecular weight excluding hydrogens is 238 g/mol. The number of nitrogens with zero attached hydrogens (tertiary/aromatic N) is 2. The molecule has 1 aliphatic rings. The van der Waals surface area contributed by atoms with Gasteiger partial charge in [-0.05, 0) is 47.9 Å². The van der Waals surface area contributed by atoms with E-state index in [9.17, 15) is 4.79 Å². The molecule has 0 fully saturated rings. The van der Waals surface area contributed by atoms with Gasteiger partial charge in [-0.15, -0.1) is 0 Å². The van der Waals surface area contributed by atoms with Crippen LogP contribution in [-0.2, 0) is 13.0 Å². The Morgan fingerprint density at radius 2 is 2.05 bits per heavy atom. The molecule has 0 saturated heterocycles. The summed E-state index contributed by atoms with van der Waals surface area (Å²) in [7, 11) is 0. The maximum Gasteiger partial charge on any atom is 0.248 e. The number of primary amides is 1. The van der Waals surface area contributed by atoms with E-state index >= 15 is 0 Å². The third kappa shape index (κ3) is 2.29. The number of benzene rings is 1. The van der Waals surface area contributed by atoms with E-state index in [-0.39, 0.29) is 5.91 Å². The van der Waals surface area contributed by atoms with Gasteiger partial charge in [0.15, 0.2) is 0 Å². The van der Waals surface area contributed by atoms with E-state index in [0.29, 0.717) is 5.56 Å². The van der Waals surface area contributed by atoms with E-state index in [0.717, 1.165) is 19.5 Å². The van der Waals surface area contributed by atoms with E-state index in [1.165, 1.54) is 16.8 Å². The van der Waals surface area contributed by atoms with Gasteiger partial charge in [0.05, 0.1) is 0 Å². The number of carbonyl (C=O) groups is 1. The molecule has 0 spiro atoms. The first-order chi connectivity index (χ1) is 9.24. The molecule has 3 rings (SSSR count). The number of carbonyl (C=O) groups excluding carboxylic acids is 1. The number of pyridine rings is 1. The molecule has 0 bridgehead atoms. The second-order valence-electron chi connectivity index (χ2n) is 4.73. The Hall–Kier alpha value is -2.36. The van der Waals surface area contributed by atoms with Crippen LogP contribution in [0, 0.1) is 0 Å². The normalized spacial score (nSPS) is 13.4. The topological polar surface area (TPSA) is 59.2 Å². The molecule has 0 radical (unpaired) electrons. The highest BCUT2D eigenvalue weighted by molar-refractivity contribution is 5.93. The molecule has 0 atom stereocenters. The largest absolute Gasteiger partial charge is 0.367 e. The SMILES string of the molecule is NC(=O)c1ccc2c(c1)CCN2Cc1ccncc1. The van der Waals surface area contributed by atoms with E-state index < -0.39 is 0 Å². The molecule has 0 saturated carbocycles. The highest BCUT2D eigenvalue weighted by atomic mass is 16.1. The van der Waals surface area contributed by atoms with Crippen molar-refractivity contribution in [3.63, 3.8) is 0 Å². The second kappa shape index (κ2) is 4.72. The van der Waals surface area contributed by atoms with Crippen LogP contribution in [0.15, 0.2) is 42.7 Å². The average molecular weight is 253 g/mol. The number of anilines is 1. The molecule has 4 heteroatoms. The van der Waals surface area contributed by atoms with Gasteiger partial charge in [-0.2, -0.15) is 0 Å². The Morgan fingerprint density at radius 3 is 2.79 bits per heavy atom. The molecule has 0 unspecified atom stereocenters. The van der Waals surface area contributed by atoms with Gasteiger partial charge in [-0.3, -0.25) is 9.78 Å². The highest BCUT2D eigenvalue weighted by Gasteiger charge is 2.20. The van der Waals surface area contributed by atoms with Crippen molar-refractivity contribution in [3.05, 3.63) is 59.4 Å². The lowest BCUT2D eigenvalue weighted by atomic mass is 10.1. The number of fused-ring (bicyclic) bond motifs is 1. The Kier molecular flexibility index (Phi) is 2.91. The maximum absolute atomic E-state index is 11.2. The summed E-state index contributed by atoms with van der Waals surface area (Å²) in [5.41, 5.74) is 9.53. The fraction of sp³-hybridized carbons (Fsp3) is 0.200. The first kappa shape index (κ1) is 11.7. The summed E-state index contributed by atoms with van der Waals surface area (Å²) >= 11 is 0. The minimum atomic E-state index is -0.365. The van der Waals surface area contributed by atoms with Crippen molar-refractivity contribution in [2.24, 2.45) is 5.73 Å². The van der Waals surface area contributed by atoms with Crippen molar-refractivity contribution < 1.29 is 4.79 Å². The minimum absolute atomic E-state index is 0.365. The molecule has 1 aromatic heterocycles. The lowest BCUT2D eigenvalue weighted by Crippen LogP contribution is -2.19. The van der Waals surface area contributed by atoms with Crippen LogP contribution in [0.3, 0.4) is 0 Å². The van der Waals surface area contributed by atoms with Crippen molar-refractivity contribution in [2.75, 3.05) is 11.4 Å². The van der Waals surface area contributed by atoms with Crippen molar-refractivity contribution in [2.45, 2.75) is 13.0 Å².